The van der Waals surface area contributed by atoms with Crippen molar-refractivity contribution in [2.45, 2.75) is 32.5 Å². The van der Waals surface area contributed by atoms with E-state index >= 15 is 0 Å². The zero-order valence-corrected chi connectivity index (χ0v) is 15.1. The van der Waals surface area contributed by atoms with Crippen LogP contribution in [0.3, 0.4) is 0 Å². The summed E-state index contributed by atoms with van der Waals surface area (Å²) in [6.45, 7) is 2.57. The first-order valence-electron chi connectivity index (χ1n) is 9.00. The van der Waals surface area contributed by atoms with Crippen molar-refractivity contribution in [2.24, 2.45) is 0 Å². The third kappa shape index (κ3) is 3.84. The van der Waals surface area contributed by atoms with Crippen LogP contribution >= 0.6 is 0 Å². The molecule has 0 saturated heterocycles. The maximum absolute atomic E-state index is 11.9. The van der Waals surface area contributed by atoms with Crippen LogP contribution < -0.4 is 9.47 Å². The topological polar surface area (TPSA) is 70.5 Å². The lowest BCUT2D eigenvalue weighted by atomic mass is 10.0. The van der Waals surface area contributed by atoms with E-state index in [1.54, 1.807) is 13.1 Å². The monoisotopic (exact) mass is 364 g/mol. The number of fused-ring (bicyclic) bond motifs is 2. The number of ether oxygens (including phenoxy) is 3. The van der Waals surface area contributed by atoms with Crippen LogP contribution in [0, 0.1) is 0 Å². The van der Waals surface area contributed by atoms with Gasteiger partial charge in [0.25, 0.3) is 0 Å². The summed E-state index contributed by atoms with van der Waals surface area (Å²) in [6, 6.07) is 11.7. The van der Waals surface area contributed by atoms with E-state index < -0.39 is 6.10 Å². The first-order valence-corrected chi connectivity index (χ1v) is 9.00. The molecule has 0 amide bonds. The average Bonchev–Trinajstić information content (AvgIpc) is 2.71. The molecule has 0 N–H and O–H groups in total. The predicted octanol–water partition coefficient (Wildman–Crippen LogP) is 3.47. The molecule has 1 aliphatic heterocycles. The standard InChI is InChI=1S/C21H20N2O4/c1-2-25-21(24)19-8-5-15-4-6-17(10-20(15)27-19)26-12-14-3-7-18-16(9-14)11-22-13-23-18/h3-4,6-7,9-11,13,19H,2,5,8,12H2,1H3. The molecule has 1 unspecified atom stereocenters. The van der Waals surface area contributed by atoms with Crippen molar-refractivity contribution in [2.75, 3.05) is 6.61 Å². The van der Waals surface area contributed by atoms with Crippen LogP contribution in [0.5, 0.6) is 11.5 Å². The molecule has 3 aromatic rings. The number of esters is 1. The summed E-state index contributed by atoms with van der Waals surface area (Å²) in [5.74, 6) is 1.07. The van der Waals surface area contributed by atoms with Crippen molar-refractivity contribution in [3.8, 4) is 11.5 Å². The summed E-state index contributed by atoms with van der Waals surface area (Å²) < 4.78 is 16.8. The zero-order chi connectivity index (χ0) is 18.6. The molecule has 0 spiro atoms. The van der Waals surface area contributed by atoms with Crippen molar-refractivity contribution < 1.29 is 19.0 Å². The Kier molecular flexibility index (Phi) is 4.87. The normalized spacial score (nSPS) is 15.7. The van der Waals surface area contributed by atoms with Gasteiger partial charge >= 0.3 is 5.97 Å². The Morgan fingerprint density at radius 2 is 2.19 bits per heavy atom. The maximum Gasteiger partial charge on any atom is 0.347 e. The second-order valence-electron chi connectivity index (χ2n) is 6.37. The Morgan fingerprint density at radius 3 is 3.07 bits per heavy atom. The van der Waals surface area contributed by atoms with Crippen molar-refractivity contribution in [3.05, 3.63) is 60.0 Å². The molecule has 1 aliphatic rings. The molecule has 6 heteroatoms. The van der Waals surface area contributed by atoms with Crippen molar-refractivity contribution in [3.63, 3.8) is 0 Å². The molecule has 4 rings (SSSR count). The first kappa shape index (κ1) is 17.3. The van der Waals surface area contributed by atoms with Gasteiger partial charge in [0.1, 0.15) is 24.4 Å². The number of aryl methyl sites for hydroxylation is 1. The second-order valence-corrected chi connectivity index (χ2v) is 6.37. The number of carbonyl (C=O) groups excluding carboxylic acids is 1. The van der Waals surface area contributed by atoms with E-state index in [0.29, 0.717) is 31.1 Å². The Labute approximate surface area is 157 Å². The molecule has 1 atom stereocenters. The zero-order valence-electron chi connectivity index (χ0n) is 15.1. The van der Waals surface area contributed by atoms with Gasteiger partial charge in [-0.1, -0.05) is 12.1 Å². The highest BCUT2D eigenvalue weighted by Crippen LogP contribution is 2.32. The third-order valence-electron chi connectivity index (χ3n) is 4.51. The number of hydrogen-bond acceptors (Lipinski definition) is 6. The Hall–Kier alpha value is -3.15. The van der Waals surface area contributed by atoms with Gasteiger partial charge in [-0.05, 0) is 49.1 Å². The van der Waals surface area contributed by atoms with Crippen LogP contribution in [-0.2, 0) is 22.6 Å². The van der Waals surface area contributed by atoms with Crippen LogP contribution in [0.1, 0.15) is 24.5 Å². The van der Waals surface area contributed by atoms with E-state index in [2.05, 4.69) is 9.97 Å². The van der Waals surface area contributed by atoms with Gasteiger partial charge in [0.2, 0.25) is 0 Å². The number of aromatic nitrogens is 2. The average molecular weight is 364 g/mol. The maximum atomic E-state index is 11.9. The second kappa shape index (κ2) is 7.61. The molecule has 138 valence electrons. The van der Waals surface area contributed by atoms with Gasteiger partial charge in [-0.25, -0.2) is 14.8 Å². The molecule has 27 heavy (non-hydrogen) atoms. The van der Waals surface area contributed by atoms with Crippen molar-refractivity contribution >= 4 is 16.9 Å². The number of nitrogens with zero attached hydrogens (tertiary/aromatic N) is 2. The largest absolute Gasteiger partial charge is 0.489 e. The van der Waals surface area contributed by atoms with Crippen LogP contribution in [0.25, 0.3) is 10.9 Å². The summed E-state index contributed by atoms with van der Waals surface area (Å²) in [6.07, 6.45) is 4.19. The molecule has 2 aromatic carbocycles. The number of benzene rings is 2. The minimum Gasteiger partial charge on any atom is -0.489 e. The molecule has 0 fully saturated rings. The van der Waals surface area contributed by atoms with Crippen LogP contribution in [0.15, 0.2) is 48.9 Å². The molecule has 2 heterocycles. The summed E-state index contributed by atoms with van der Waals surface area (Å²) in [5.41, 5.74) is 3.01. The van der Waals surface area contributed by atoms with Gasteiger partial charge in [0.05, 0.1) is 12.1 Å². The molecule has 0 saturated carbocycles. The van der Waals surface area contributed by atoms with Gasteiger partial charge in [-0.3, -0.25) is 0 Å². The Balaban J connectivity index is 1.45. The molecular formula is C21H20N2O4. The predicted molar refractivity (Wildman–Crippen MR) is 99.7 cm³/mol. The minimum absolute atomic E-state index is 0.312. The van der Waals surface area contributed by atoms with Crippen LogP contribution in [0.4, 0.5) is 0 Å². The van der Waals surface area contributed by atoms with E-state index in [-0.39, 0.29) is 5.97 Å². The molecule has 0 bridgehead atoms. The van der Waals surface area contributed by atoms with E-state index in [1.807, 2.05) is 36.4 Å². The summed E-state index contributed by atoms with van der Waals surface area (Å²) in [5, 5.41) is 0.977. The number of rotatable bonds is 5. The highest BCUT2D eigenvalue weighted by molar-refractivity contribution is 5.78. The summed E-state index contributed by atoms with van der Waals surface area (Å²) in [7, 11) is 0. The van der Waals surface area contributed by atoms with E-state index in [9.17, 15) is 4.79 Å². The van der Waals surface area contributed by atoms with E-state index in [1.165, 1.54) is 6.33 Å². The highest BCUT2D eigenvalue weighted by atomic mass is 16.6. The third-order valence-corrected chi connectivity index (χ3v) is 4.51. The Bertz CT molecular complexity index is 973. The van der Waals surface area contributed by atoms with Gasteiger partial charge in [-0.15, -0.1) is 0 Å². The molecular weight excluding hydrogens is 344 g/mol. The SMILES string of the molecule is CCOC(=O)C1CCc2ccc(OCc3ccc4ncncc4c3)cc2O1. The van der Waals surface area contributed by atoms with E-state index in [0.717, 1.165) is 28.5 Å². The van der Waals surface area contributed by atoms with Gasteiger partial charge in [-0.2, -0.15) is 0 Å². The lowest BCUT2D eigenvalue weighted by molar-refractivity contribution is -0.152. The highest BCUT2D eigenvalue weighted by Gasteiger charge is 2.27. The molecule has 1 aromatic heterocycles. The Morgan fingerprint density at radius 1 is 1.26 bits per heavy atom. The molecule has 0 radical (unpaired) electrons. The number of hydrogen-bond donors (Lipinski definition) is 0. The molecule has 6 nitrogen and oxygen atoms in total. The fourth-order valence-corrected chi connectivity index (χ4v) is 3.13. The summed E-state index contributed by atoms with van der Waals surface area (Å²) >= 11 is 0. The van der Waals surface area contributed by atoms with Gasteiger partial charge in [0, 0.05) is 17.6 Å². The smallest absolute Gasteiger partial charge is 0.347 e. The lowest BCUT2D eigenvalue weighted by Gasteiger charge is -2.25. The van der Waals surface area contributed by atoms with E-state index in [4.69, 9.17) is 14.2 Å². The van der Waals surface area contributed by atoms with Crippen LogP contribution in [0.2, 0.25) is 0 Å². The van der Waals surface area contributed by atoms with Gasteiger partial charge < -0.3 is 14.2 Å². The quantitative estimate of drug-likeness (QED) is 0.646. The fourth-order valence-electron chi connectivity index (χ4n) is 3.13. The first-order chi connectivity index (χ1) is 13.2. The fraction of sp³-hybridized carbons (Fsp3) is 0.286. The minimum atomic E-state index is -0.548. The molecule has 0 aliphatic carbocycles. The van der Waals surface area contributed by atoms with Crippen molar-refractivity contribution in [1.29, 1.82) is 0 Å². The number of carbonyl (C=O) groups is 1. The van der Waals surface area contributed by atoms with Crippen LogP contribution in [-0.4, -0.2) is 28.6 Å². The van der Waals surface area contributed by atoms with Crippen molar-refractivity contribution in [1.82, 2.24) is 9.97 Å². The lowest BCUT2D eigenvalue weighted by Crippen LogP contribution is -2.32. The summed E-state index contributed by atoms with van der Waals surface area (Å²) in [4.78, 5) is 20.2. The van der Waals surface area contributed by atoms with Gasteiger partial charge in [0.15, 0.2) is 6.10 Å².